The second kappa shape index (κ2) is 8.83. The van der Waals surface area contributed by atoms with Gasteiger partial charge in [-0.3, -0.25) is 4.79 Å². The molecule has 0 radical (unpaired) electrons. The highest BCUT2D eigenvalue weighted by molar-refractivity contribution is 6.13. The van der Waals surface area contributed by atoms with Crippen LogP contribution >= 0.6 is 0 Å². The van der Waals surface area contributed by atoms with E-state index in [-0.39, 0.29) is 17.9 Å². The number of carbonyl (C=O) groups excluding carboxylic acids is 1. The first kappa shape index (κ1) is 22.5. The molecule has 9 heteroatoms. The van der Waals surface area contributed by atoms with Crippen LogP contribution in [0.5, 0.6) is 0 Å². The molecule has 1 aromatic carbocycles. The zero-order chi connectivity index (χ0) is 24.7. The number of nitrogens with zero attached hydrogens (tertiary/aromatic N) is 5. The van der Waals surface area contributed by atoms with Gasteiger partial charge in [0.2, 0.25) is 0 Å². The number of para-hydroxylation sites is 1. The second-order valence-corrected chi connectivity index (χ2v) is 9.02. The average molecular weight is 471 g/mol. The van der Waals surface area contributed by atoms with E-state index in [4.69, 9.17) is 13.9 Å². The van der Waals surface area contributed by atoms with Gasteiger partial charge in [0.25, 0.3) is 11.8 Å². The molecule has 0 spiro atoms. The first-order valence-electron chi connectivity index (χ1n) is 11.5. The highest BCUT2D eigenvalue weighted by atomic mass is 16.5. The molecule has 1 N–H and O–H groups in total. The molecule has 0 atom stereocenters. The van der Waals surface area contributed by atoms with Gasteiger partial charge in [0.05, 0.1) is 34.7 Å². The fourth-order valence-electron chi connectivity index (χ4n) is 3.91. The topological polar surface area (TPSA) is 112 Å². The molecule has 1 amide bonds. The Morgan fingerprint density at radius 1 is 1.09 bits per heavy atom. The lowest BCUT2D eigenvalue weighted by Crippen LogP contribution is -2.15. The Balaban J connectivity index is 1.60. The van der Waals surface area contributed by atoms with Crippen molar-refractivity contribution in [2.75, 3.05) is 5.32 Å². The number of furan rings is 1. The molecule has 5 rings (SSSR count). The maximum atomic E-state index is 13.7. The minimum atomic E-state index is -0.298. The molecule has 0 aliphatic carbocycles. The molecule has 0 aliphatic rings. The van der Waals surface area contributed by atoms with E-state index in [1.54, 1.807) is 29.3 Å². The van der Waals surface area contributed by atoms with Crippen molar-refractivity contribution < 1.29 is 13.7 Å². The van der Waals surface area contributed by atoms with Crippen molar-refractivity contribution >= 4 is 22.6 Å². The fourth-order valence-corrected chi connectivity index (χ4v) is 3.91. The molecule has 0 saturated carbocycles. The zero-order valence-corrected chi connectivity index (χ0v) is 20.2. The van der Waals surface area contributed by atoms with Crippen LogP contribution in [0.4, 0.5) is 5.69 Å². The number of aromatic nitrogens is 5. The van der Waals surface area contributed by atoms with Crippen molar-refractivity contribution in [1.82, 2.24) is 24.9 Å². The smallest absolute Gasteiger partial charge is 0.260 e. The molecule has 0 bridgehead atoms. The Morgan fingerprint density at radius 3 is 2.60 bits per heavy atom. The van der Waals surface area contributed by atoms with Crippen molar-refractivity contribution in [2.45, 2.75) is 46.6 Å². The summed E-state index contributed by atoms with van der Waals surface area (Å²) < 4.78 is 12.9. The lowest BCUT2D eigenvalue weighted by atomic mass is 10.1. The maximum absolute atomic E-state index is 13.7. The van der Waals surface area contributed by atoms with Crippen LogP contribution in [0.2, 0.25) is 0 Å². The molecule has 35 heavy (non-hydrogen) atoms. The maximum Gasteiger partial charge on any atom is 0.260 e. The number of carbonyl (C=O) groups is 1. The molecular weight excluding hydrogens is 444 g/mol. The zero-order valence-electron chi connectivity index (χ0n) is 20.2. The summed E-state index contributed by atoms with van der Waals surface area (Å²) in [6.07, 6.45) is 3.25. The second-order valence-electron chi connectivity index (χ2n) is 9.02. The summed E-state index contributed by atoms with van der Waals surface area (Å²) in [6, 6.07) is 11.1. The van der Waals surface area contributed by atoms with Crippen LogP contribution in [0.1, 0.15) is 61.4 Å². The lowest BCUT2D eigenvalue weighted by Gasteiger charge is -2.13. The monoisotopic (exact) mass is 470 g/mol. The van der Waals surface area contributed by atoms with Crippen molar-refractivity contribution in [3.8, 4) is 22.9 Å². The fraction of sp³-hybridized carbons (Fsp3) is 0.269. The summed E-state index contributed by atoms with van der Waals surface area (Å²) in [5.41, 5.74) is 3.75. The number of anilines is 1. The predicted octanol–water partition coefficient (Wildman–Crippen LogP) is 6.01. The number of benzene rings is 1. The number of aryl methyl sites for hydroxylation is 1. The summed E-state index contributed by atoms with van der Waals surface area (Å²) in [5.74, 6) is 1.36. The third-order valence-electron chi connectivity index (χ3n) is 5.77. The third kappa shape index (κ3) is 4.09. The van der Waals surface area contributed by atoms with E-state index in [2.05, 4.69) is 20.6 Å². The Labute approximate surface area is 202 Å². The van der Waals surface area contributed by atoms with Crippen LogP contribution < -0.4 is 5.32 Å². The van der Waals surface area contributed by atoms with Gasteiger partial charge in [-0.05, 0) is 50.6 Å². The van der Waals surface area contributed by atoms with E-state index in [1.807, 2.05) is 58.9 Å². The van der Waals surface area contributed by atoms with Gasteiger partial charge in [0.15, 0.2) is 17.2 Å². The van der Waals surface area contributed by atoms with Crippen molar-refractivity contribution in [3.63, 3.8) is 0 Å². The van der Waals surface area contributed by atoms with Crippen molar-refractivity contribution in [1.29, 1.82) is 0 Å². The molecule has 9 nitrogen and oxygen atoms in total. The largest absolute Gasteiger partial charge is 0.463 e. The summed E-state index contributed by atoms with van der Waals surface area (Å²) in [4.78, 5) is 23.0. The van der Waals surface area contributed by atoms with E-state index >= 15 is 0 Å². The summed E-state index contributed by atoms with van der Waals surface area (Å²) in [6.45, 7) is 9.95. The minimum Gasteiger partial charge on any atom is -0.463 e. The van der Waals surface area contributed by atoms with Gasteiger partial charge in [-0.2, -0.15) is 10.1 Å². The highest BCUT2D eigenvalue weighted by Gasteiger charge is 2.22. The Kier molecular flexibility index (Phi) is 5.68. The molecular formula is C26H26N6O3. The quantitative estimate of drug-likeness (QED) is 0.323. The number of hydrogen-bond acceptors (Lipinski definition) is 7. The van der Waals surface area contributed by atoms with Crippen LogP contribution in [0.3, 0.4) is 0 Å². The van der Waals surface area contributed by atoms with Crippen LogP contribution in [-0.2, 0) is 0 Å². The summed E-state index contributed by atoms with van der Waals surface area (Å²) >= 11 is 0. The van der Waals surface area contributed by atoms with Crippen LogP contribution in [-0.4, -0.2) is 30.8 Å². The summed E-state index contributed by atoms with van der Waals surface area (Å²) in [7, 11) is 0. The number of hydrogen-bond donors (Lipinski definition) is 1. The number of amides is 1. The molecule has 178 valence electrons. The molecule has 0 unspecified atom stereocenters. The van der Waals surface area contributed by atoms with Crippen LogP contribution in [0.25, 0.3) is 33.9 Å². The van der Waals surface area contributed by atoms with Gasteiger partial charge in [0.1, 0.15) is 5.69 Å². The van der Waals surface area contributed by atoms with E-state index in [0.29, 0.717) is 51.0 Å². The molecule has 4 heterocycles. The molecule has 4 aromatic heterocycles. The van der Waals surface area contributed by atoms with Gasteiger partial charge in [-0.15, -0.1) is 0 Å². The van der Waals surface area contributed by atoms with E-state index < -0.39 is 0 Å². The van der Waals surface area contributed by atoms with Gasteiger partial charge in [0, 0.05) is 12.0 Å². The molecule has 0 aliphatic heterocycles. The van der Waals surface area contributed by atoms with E-state index in [1.165, 1.54) is 0 Å². The van der Waals surface area contributed by atoms with E-state index in [0.717, 1.165) is 5.56 Å². The summed E-state index contributed by atoms with van der Waals surface area (Å²) in [5, 5.41) is 12.3. The normalized spacial score (nSPS) is 11.6. The SMILES string of the molecule is Cc1cccc(-c2nc(C(C)C)no2)c1NC(=O)c1cc(-c2ccco2)nc2c1cnn2C(C)C. The number of rotatable bonds is 6. The first-order chi connectivity index (χ1) is 16.8. The van der Waals surface area contributed by atoms with Crippen molar-refractivity contribution in [3.05, 3.63) is 65.8 Å². The van der Waals surface area contributed by atoms with Crippen molar-refractivity contribution in [2.24, 2.45) is 0 Å². The van der Waals surface area contributed by atoms with Crippen LogP contribution in [0.15, 0.2) is 57.8 Å². The molecule has 5 aromatic rings. The lowest BCUT2D eigenvalue weighted by molar-refractivity contribution is 0.102. The molecule has 0 saturated heterocycles. The number of pyridine rings is 1. The Bertz CT molecular complexity index is 1510. The number of fused-ring (bicyclic) bond motifs is 1. The highest BCUT2D eigenvalue weighted by Crippen LogP contribution is 2.32. The van der Waals surface area contributed by atoms with Gasteiger partial charge in [-0.25, -0.2) is 9.67 Å². The Hall–Kier alpha value is -4.27. The van der Waals surface area contributed by atoms with E-state index in [9.17, 15) is 4.79 Å². The van der Waals surface area contributed by atoms with Gasteiger partial charge in [-0.1, -0.05) is 31.1 Å². The first-order valence-corrected chi connectivity index (χ1v) is 11.5. The minimum absolute atomic E-state index is 0.0680. The standard InChI is InChI=1S/C26H26N6O3/c1-14(2)23-30-26(35-31-23)17-9-6-8-16(5)22(17)29-25(33)18-12-20(21-10-7-11-34-21)28-24-19(18)13-27-32(24)15(3)4/h6-15H,1-5H3,(H,29,33). The Morgan fingerprint density at radius 2 is 1.91 bits per heavy atom. The average Bonchev–Trinajstić information content (AvgIpc) is 3.59. The van der Waals surface area contributed by atoms with Gasteiger partial charge < -0.3 is 14.3 Å². The third-order valence-corrected chi connectivity index (χ3v) is 5.77. The number of nitrogens with one attached hydrogen (secondary N) is 1. The molecule has 0 fully saturated rings. The van der Waals surface area contributed by atoms with Crippen LogP contribution in [0, 0.1) is 6.92 Å². The van der Waals surface area contributed by atoms with Gasteiger partial charge >= 0.3 is 0 Å². The predicted molar refractivity (Wildman–Crippen MR) is 132 cm³/mol.